The average molecular weight is 374 g/mol. The van der Waals surface area contributed by atoms with Crippen LogP contribution in [0.5, 0.6) is 0 Å². The van der Waals surface area contributed by atoms with Gasteiger partial charge in [-0.3, -0.25) is 0 Å². The Kier molecular flexibility index (Phi) is 6.99. The summed E-state index contributed by atoms with van der Waals surface area (Å²) in [6, 6.07) is 0. The summed E-state index contributed by atoms with van der Waals surface area (Å²) in [6.45, 7) is 4.90. The third-order valence-corrected chi connectivity index (χ3v) is 4.79. The van der Waals surface area contributed by atoms with Gasteiger partial charge in [0.15, 0.2) is 0 Å². The van der Waals surface area contributed by atoms with Crippen molar-refractivity contribution in [2.45, 2.75) is 45.3 Å². The molecule has 0 saturated heterocycles. The monoisotopic (exact) mass is 374 g/mol. The van der Waals surface area contributed by atoms with Crippen LogP contribution in [-0.4, -0.2) is 46.5 Å². The van der Waals surface area contributed by atoms with Crippen molar-refractivity contribution < 1.29 is 43.2 Å². The van der Waals surface area contributed by atoms with E-state index in [-0.39, 0.29) is 19.8 Å². The predicted molar refractivity (Wildman–Crippen MR) is 80.6 cm³/mol. The minimum absolute atomic E-state index is 0.125. The first kappa shape index (κ1) is 21.5. The number of ether oxygens (including phenoxy) is 1. The molecule has 0 aromatic carbocycles. The lowest BCUT2D eigenvalue weighted by Gasteiger charge is -2.51. The van der Waals surface area contributed by atoms with Gasteiger partial charge in [-0.15, -0.1) is 4.33 Å². The number of halogens is 2. The second kappa shape index (κ2) is 7.79. The van der Waals surface area contributed by atoms with Crippen LogP contribution in [0, 0.1) is 16.2 Å². The molecular formula is C14H24F2O7S. The van der Waals surface area contributed by atoms with Crippen LogP contribution >= 0.6 is 12.0 Å². The molecule has 0 aromatic heterocycles. The molecule has 3 N–H and O–H groups in total. The van der Waals surface area contributed by atoms with Gasteiger partial charge in [0, 0.05) is 18.6 Å². The van der Waals surface area contributed by atoms with Gasteiger partial charge < -0.3 is 14.9 Å². The maximum atomic E-state index is 13.4. The maximum Gasteiger partial charge on any atom is 0.415 e. The van der Waals surface area contributed by atoms with Crippen molar-refractivity contribution in [3.63, 3.8) is 0 Å². The Labute approximate surface area is 143 Å². The number of carbonyl (C=O) groups excluding carboxylic acids is 1. The Morgan fingerprint density at radius 3 is 1.96 bits per heavy atom. The third kappa shape index (κ3) is 5.50. The Morgan fingerprint density at radius 2 is 1.54 bits per heavy atom. The van der Waals surface area contributed by atoms with Crippen LogP contribution in [0.3, 0.4) is 0 Å². The molecule has 142 valence electrons. The number of aliphatic hydroxyl groups is 2. The zero-order valence-electron chi connectivity index (χ0n) is 13.9. The highest BCUT2D eigenvalue weighted by atomic mass is 32.2. The largest absolute Gasteiger partial charge is 0.460 e. The van der Waals surface area contributed by atoms with Crippen LogP contribution in [0.2, 0.25) is 0 Å². The first-order chi connectivity index (χ1) is 10.9. The van der Waals surface area contributed by atoms with Crippen molar-refractivity contribution >= 4 is 18.0 Å². The fraction of sp³-hybridized carbons (Fsp3) is 0.929. The van der Waals surface area contributed by atoms with Gasteiger partial charge >= 0.3 is 11.2 Å². The highest BCUT2D eigenvalue weighted by Crippen LogP contribution is 2.54. The summed E-state index contributed by atoms with van der Waals surface area (Å²) in [6.07, 6.45) is 1.48. The zero-order valence-corrected chi connectivity index (χ0v) is 14.7. The number of carbonyl (C=O) groups is 1. The quantitative estimate of drug-likeness (QED) is 0.257. The molecular weight excluding hydrogens is 350 g/mol. The molecule has 0 radical (unpaired) electrons. The lowest BCUT2D eigenvalue weighted by Crippen LogP contribution is -2.48. The van der Waals surface area contributed by atoms with Crippen LogP contribution in [0.4, 0.5) is 8.78 Å². The van der Waals surface area contributed by atoms with Crippen molar-refractivity contribution in [1.29, 1.82) is 0 Å². The van der Waals surface area contributed by atoms with Gasteiger partial charge in [0.25, 0.3) is 0 Å². The second-order valence-corrected chi connectivity index (χ2v) is 8.41. The number of hydrogen-bond donors (Lipinski definition) is 3. The van der Waals surface area contributed by atoms with Crippen LogP contribution in [0.15, 0.2) is 0 Å². The Balaban J connectivity index is 2.79. The summed E-state index contributed by atoms with van der Waals surface area (Å²) < 4.78 is 35.1. The van der Waals surface area contributed by atoms with Crippen LogP contribution in [-0.2, 0) is 18.9 Å². The number of esters is 1. The van der Waals surface area contributed by atoms with Crippen LogP contribution in [0.25, 0.3) is 0 Å². The van der Waals surface area contributed by atoms with E-state index in [9.17, 15) is 23.8 Å². The minimum Gasteiger partial charge on any atom is -0.460 e. The molecule has 1 rings (SSSR count). The Morgan fingerprint density at radius 1 is 1.08 bits per heavy atom. The van der Waals surface area contributed by atoms with Crippen molar-refractivity contribution in [3.05, 3.63) is 0 Å². The molecule has 0 amide bonds. The summed E-state index contributed by atoms with van der Waals surface area (Å²) in [5.74, 6) is -1.83. The molecule has 2 unspecified atom stereocenters. The SMILES string of the molecule is CC1(CO)CC(C)(CO)CC(C)(COC(=O)C(F)(F)SOOO)C1. The second-order valence-electron chi connectivity index (χ2n) is 7.60. The number of hydrogen-bond acceptors (Lipinski definition) is 8. The van der Waals surface area contributed by atoms with Crippen molar-refractivity contribution in [2.24, 2.45) is 16.2 Å². The Hall–Kier alpha value is -0.520. The molecule has 1 fully saturated rings. The van der Waals surface area contributed by atoms with Gasteiger partial charge in [-0.2, -0.15) is 8.78 Å². The fourth-order valence-electron chi connectivity index (χ4n) is 4.02. The smallest absolute Gasteiger partial charge is 0.415 e. The highest BCUT2D eigenvalue weighted by Gasteiger charge is 2.50. The minimum atomic E-state index is -4.05. The van der Waals surface area contributed by atoms with E-state index < -0.39 is 39.5 Å². The van der Waals surface area contributed by atoms with Gasteiger partial charge in [0.2, 0.25) is 0 Å². The van der Waals surface area contributed by atoms with Gasteiger partial charge in [0.05, 0.1) is 6.61 Å². The van der Waals surface area contributed by atoms with Gasteiger partial charge in [-0.1, -0.05) is 25.8 Å². The molecule has 7 nitrogen and oxygen atoms in total. The van der Waals surface area contributed by atoms with E-state index in [0.717, 1.165) is 0 Å². The first-order valence-corrected chi connectivity index (χ1v) is 8.10. The first-order valence-electron chi connectivity index (χ1n) is 7.36. The molecule has 1 aliphatic carbocycles. The zero-order chi connectivity index (χ0) is 18.6. The molecule has 0 bridgehead atoms. The lowest BCUT2D eigenvalue weighted by molar-refractivity contribution is -0.433. The normalized spacial score (nSPS) is 34.2. The molecule has 0 aromatic rings. The molecule has 2 atom stereocenters. The number of aliphatic hydroxyl groups excluding tert-OH is 2. The van der Waals surface area contributed by atoms with Crippen molar-refractivity contribution in [2.75, 3.05) is 19.8 Å². The molecule has 24 heavy (non-hydrogen) atoms. The Bertz CT molecular complexity index is 433. The van der Waals surface area contributed by atoms with Gasteiger partial charge in [0.1, 0.15) is 12.0 Å². The summed E-state index contributed by atoms with van der Waals surface area (Å²) in [7, 11) is 0. The van der Waals surface area contributed by atoms with Crippen molar-refractivity contribution in [1.82, 2.24) is 0 Å². The standard InChI is InChI=1S/C14H24F2O7S/c1-11(7-17)4-12(2,8-18)6-13(3,5-11)9-21-10(19)14(15,16)24-23-22-20/h17-18,20H,4-9H2,1-3H3. The molecule has 0 heterocycles. The molecule has 1 aliphatic rings. The summed E-state index contributed by atoms with van der Waals surface area (Å²) >= 11 is -0.679. The fourth-order valence-corrected chi connectivity index (χ4v) is 4.26. The average Bonchev–Trinajstić information content (AvgIpc) is 2.49. The van der Waals surface area contributed by atoms with E-state index in [2.05, 4.69) is 9.37 Å². The summed E-state index contributed by atoms with van der Waals surface area (Å²) in [5, 5.41) is 26.2. The van der Waals surface area contributed by atoms with E-state index >= 15 is 0 Å². The van der Waals surface area contributed by atoms with Crippen LogP contribution < -0.4 is 0 Å². The maximum absolute atomic E-state index is 13.4. The van der Waals surface area contributed by atoms with Crippen LogP contribution in [0.1, 0.15) is 40.0 Å². The molecule has 1 saturated carbocycles. The number of alkyl halides is 2. The summed E-state index contributed by atoms with van der Waals surface area (Å²) in [5.41, 5.74) is -1.71. The van der Waals surface area contributed by atoms with E-state index in [4.69, 9.17) is 9.99 Å². The van der Waals surface area contributed by atoms with E-state index in [1.807, 2.05) is 13.8 Å². The van der Waals surface area contributed by atoms with E-state index in [1.165, 1.54) is 0 Å². The van der Waals surface area contributed by atoms with Gasteiger partial charge in [-0.05, 0) is 30.1 Å². The molecule has 0 aliphatic heterocycles. The van der Waals surface area contributed by atoms with E-state index in [0.29, 0.717) is 19.3 Å². The van der Waals surface area contributed by atoms with Gasteiger partial charge in [-0.25, -0.2) is 10.1 Å². The lowest BCUT2D eigenvalue weighted by atomic mass is 9.55. The third-order valence-electron chi connectivity index (χ3n) is 4.28. The highest BCUT2D eigenvalue weighted by molar-refractivity contribution is 7.96. The molecule has 0 spiro atoms. The van der Waals surface area contributed by atoms with E-state index in [1.54, 1.807) is 6.92 Å². The molecule has 10 heteroatoms. The number of rotatable bonds is 8. The van der Waals surface area contributed by atoms with Crippen molar-refractivity contribution in [3.8, 4) is 0 Å². The topological polar surface area (TPSA) is 105 Å². The summed E-state index contributed by atoms with van der Waals surface area (Å²) in [4.78, 5) is 11.5. The predicted octanol–water partition coefficient (Wildman–Crippen LogP) is 2.38.